The van der Waals surface area contributed by atoms with E-state index in [4.69, 9.17) is 21.1 Å². The van der Waals surface area contributed by atoms with Gasteiger partial charge < -0.3 is 9.47 Å². The number of rotatable bonds is 2. The minimum absolute atomic E-state index is 0.0208. The van der Waals surface area contributed by atoms with Crippen molar-refractivity contribution in [3.8, 4) is 11.5 Å². The van der Waals surface area contributed by atoms with Crippen molar-refractivity contribution in [1.29, 1.82) is 0 Å². The summed E-state index contributed by atoms with van der Waals surface area (Å²) in [7, 11) is 0. The van der Waals surface area contributed by atoms with Crippen molar-refractivity contribution in [3.63, 3.8) is 0 Å². The fraction of sp³-hybridized carbons (Fsp3) is 0.333. The largest absolute Gasteiger partial charge is 0.486 e. The predicted molar refractivity (Wildman–Crippen MR) is 53.7 cm³/mol. The van der Waals surface area contributed by atoms with Gasteiger partial charge in [0.1, 0.15) is 12.7 Å². The lowest BCUT2D eigenvalue weighted by molar-refractivity contribution is -0.385. The highest BCUT2D eigenvalue weighted by atomic mass is 35.5. The number of non-ortho nitro benzene ring substituents is 1. The van der Waals surface area contributed by atoms with Crippen molar-refractivity contribution in [2.75, 3.05) is 12.5 Å². The van der Waals surface area contributed by atoms with Gasteiger partial charge in [-0.3, -0.25) is 10.1 Å². The van der Waals surface area contributed by atoms with E-state index < -0.39 is 4.92 Å². The first-order chi connectivity index (χ1) is 7.20. The molecule has 0 saturated carbocycles. The van der Waals surface area contributed by atoms with Crippen LogP contribution in [0.4, 0.5) is 5.69 Å². The zero-order valence-electron chi connectivity index (χ0n) is 7.68. The van der Waals surface area contributed by atoms with Crippen molar-refractivity contribution in [1.82, 2.24) is 0 Å². The molecule has 0 radical (unpaired) electrons. The molecule has 0 saturated heterocycles. The van der Waals surface area contributed by atoms with E-state index in [1.54, 1.807) is 0 Å². The normalized spacial score (nSPS) is 18.6. The van der Waals surface area contributed by atoms with E-state index in [2.05, 4.69) is 0 Å². The van der Waals surface area contributed by atoms with Crippen LogP contribution in [-0.4, -0.2) is 23.5 Å². The molecule has 1 aromatic carbocycles. The molecular formula is C9H8ClNO4. The van der Waals surface area contributed by atoms with Crippen molar-refractivity contribution in [2.24, 2.45) is 0 Å². The number of nitro benzene ring substituents is 1. The summed E-state index contributed by atoms with van der Waals surface area (Å²) in [5.41, 5.74) is -0.0208. The summed E-state index contributed by atoms with van der Waals surface area (Å²) in [5.74, 6) is 1.19. The van der Waals surface area contributed by atoms with E-state index in [1.165, 1.54) is 18.2 Å². The molecule has 5 nitrogen and oxygen atoms in total. The molecule has 0 spiro atoms. The molecule has 1 aliphatic heterocycles. The summed E-state index contributed by atoms with van der Waals surface area (Å²) in [6, 6.07) is 4.25. The van der Waals surface area contributed by atoms with Gasteiger partial charge >= 0.3 is 0 Å². The average Bonchev–Trinajstić information content (AvgIpc) is 2.27. The van der Waals surface area contributed by atoms with Crippen LogP contribution in [0.15, 0.2) is 18.2 Å². The fourth-order valence-corrected chi connectivity index (χ4v) is 1.45. The Hall–Kier alpha value is -1.49. The van der Waals surface area contributed by atoms with E-state index in [-0.39, 0.29) is 11.8 Å². The van der Waals surface area contributed by atoms with Gasteiger partial charge in [-0.1, -0.05) is 0 Å². The SMILES string of the molecule is O=[N+]([O-])c1ccc2c(c1)OC(CCl)CO2. The molecule has 0 fully saturated rings. The molecule has 0 aromatic heterocycles. The lowest BCUT2D eigenvalue weighted by Gasteiger charge is -2.24. The first kappa shape index (κ1) is 10.0. The summed E-state index contributed by atoms with van der Waals surface area (Å²) in [6.07, 6.45) is -0.249. The zero-order valence-corrected chi connectivity index (χ0v) is 8.44. The summed E-state index contributed by atoms with van der Waals surface area (Å²) in [5, 5.41) is 10.5. The Bertz CT molecular complexity index is 396. The van der Waals surface area contributed by atoms with Gasteiger partial charge in [0.25, 0.3) is 5.69 Å². The van der Waals surface area contributed by atoms with Crippen LogP contribution in [0, 0.1) is 10.1 Å². The maximum atomic E-state index is 10.5. The number of hydrogen-bond donors (Lipinski definition) is 0. The lowest BCUT2D eigenvalue weighted by atomic mass is 10.2. The van der Waals surface area contributed by atoms with Gasteiger partial charge in [0, 0.05) is 6.07 Å². The molecule has 1 aliphatic rings. The van der Waals surface area contributed by atoms with E-state index in [0.717, 1.165) is 0 Å². The average molecular weight is 230 g/mol. The van der Waals surface area contributed by atoms with Crippen molar-refractivity contribution in [2.45, 2.75) is 6.10 Å². The molecular weight excluding hydrogens is 222 g/mol. The Balaban J connectivity index is 2.30. The number of fused-ring (bicyclic) bond motifs is 1. The van der Waals surface area contributed by atoms with Crippen molar-refractivity contribution >= 4 is 17.3 Å². The van der Waals surface area contributed by atoms with Crippen molar-refractivity contribution in [3.05, 3.63) is 28.3 Å². The highest BCUT2D eigenvalue weighted by Gasteiger charge is 2.22. The third-order valence-corrected chi connectivity index (χ3v) is 2.37. The quantitative estimate of drug-likeness (QED) is 0.442. The monoisotopic (exact) mass is 229 g/mol. The van der Waals surface area contributed by atoms with Crippen LogP contribution in [0.5, 0.6) is 11.5 Å². The summed E-state index contributed by atoms with van der Waals surface area (Å²) >= 11 is 5.61. The van der Waals surface area contributed by atoms with Crippen LogP contribution in [0.1, 0.15) is 0 Å². The molecule has 0 N–H and O–H groups in total. The Kier molecular flexibility index (Phi) is 2.64. The molecule has 15 heavy (non-hydrogen) atoms. The van der Waals surface area contributed by atoms with E-state index >= 15 is 0 Å². The molecule has 1 aromatic rings. The molecule has 1 atom stereocenters. The number of benzene rings is 1. The van der Waals surface area contributed by atoms with Gasteiger partial charge in [0.2, 0.25) is 0 Å². The number of nitrogens with zero attached hydrogens (tertiary/aromatic N) is 1. The summed E-state index contributed by atoms with van der Waals surface area (Å²) in [4.78, 5) is 10.0. The predicted octanol–water partition coefficient (Wildman–Crippen LogP) is 1.97. The lowest BCUT2D eigenvalue weighted by Crippen LogP contribution is -2.30. The highest BCUT2D eigenvalue weighted by Crippen LogP contribution is 2.34. The number of alkyl halides is 1. The third kappa shape index (κ3) is 1.97. The highest BCUT2D eigenvalue weighted by molar-refractivity contribution is 6.18. The molecule has 80 valence electrons. The molecule has 1 heterocycles. The summed E-state index contributed by atoms with van der Waals surface area (Å²) in [6.45, 7) is 0.369. The Morgan fingerprint density at radius 2 is 2.33 bits per heavy atom. The number of ether oxygens (including phenoxy) is 2. The minimum atomic E-state index is -0.478. The van der Waals surface area contributed by atoms with Crippen LogP contribution in [-0.2, 0) is 0 Å². The first-order valence-corrected chi connectivity index (χ1v) is 4.88. The fourth-order valence-electron chi connectivity index (χ4n) is 1.29. The Labute approximate surface area is 90.7 Å². The number of hydrogen-bond acceptors (Lipinski definition) is 4. The standard InChI is InChI=1S/C9H8ClNO4/c10-4-7-5-14-8-2-1-6(11(12)13)3-9(8)15-7/h1-3,7H,4-5H2. The molecule has 0 amide bonds. The van der Waals surface area contributed by atoms with Crippen LogP contribution in [0.3, 0.4) is 0 Å². The molecule has 1 unspecified atom stereocenters. The maximum absolute atomic E-state index is 10.5. The van der Waals surface area contributed by atoms with Gasteiger partial charge in [-0.15, -0.1) is 11.6 Å². The van der Waals surface area contributed by atoms with Gasteiger partial charge in [0.05, 0.1) is 16.9 Å². The van der Waals surface area contributed by atoms with Crippen LogP contribution in [0.25, 0.3) is 0 Å². The zero-order chi connectivity index (χ0) is 10.8. The van der Waals surface area contributed by atoms with Gasteiger partial charge in [-0.2, -0.15) is 0 Å². The van der Waals surface area contributed by atoms with E-state index in [1.807, 2.05) is 0 Å². The smallest absolute Gasteiger partial charge is 0.273 e. The second-order valence-electron chi connectivity index (χ2n) is 3.09. The first-order valence-electron chi connectivity index (χ1n) is 4.34. The van der Waals surface area contributed by atoms with Crippen molar-refractivity contribution < 1.29 is 14.4 Å². The van der Waals surface area contributed by atoms with E-state index in [9.17, 15) is 10.1 Å². The van der Waals surface area contributed by atoms with E-state index in [0.29, 0.717) is 24.0 Å². The number of nitro groups is 1. The molecule has 2 rings (SSSR count). The maximum Gasteiger partial charge on any atom is 0.273 e. The topological polar surface area (TPSA) is 61.6 Å². The van der Waals surface area contributed by atoms with Gasteiger partial charge in [0.15, 0.2) is 11.5 Å². The van der Waals surface area contributed by atoms with Crippen LogP contribution >= 0.6 is 11.6 Å². The Morgan fingerprint density at radius 3 is 3.00 bits per heavy atom. The van der Waals surface area contributed by atoms with Gasteiger partial charge in [-0.05, 0) is 6.07 Å². The summed E-state index contributed by atoms with van der Waals surface area (Å²) < 4.78 is 10.7. The van der Waals surface area contributed by atoms with Crippen LogP contribution < -0.4 is 9.47 Å². The molecule has 0 bridgehead atoms. The third-order valence-electron chi connectivity index (χ3n) is 2.03. The second kappa shape index (κ2) is 3.94. The number of halogens is 1. The van der Waals surface area contributed by atoms with Crippen LogP contribution in [0.2, 0.25) is 0 Å². The second-order valence-corrected chi connectivity index (χ2v) is 3.40. The molecule has 0 aliphatic carbocycles. The van der Waals surface area contributed by atoms with Gasteiger partial charge in [-0.25, -0.2) is 0 Å². The molecule has 6 heteroatoms. The Morgan fingerprint density at radius 1 is 1.53 bits per heavy atom. The minimum Gasteiger partial charge on any atom is -0.486 e.